The first-order valence-corrected chi connectivity index (χ1v) is 8.14. The summed E-state index contributed by atoms with van der Waals surface area (Å²) in [5.41, 5.74) is 2.52. The smallest absolute Gasteiger partial charge is 0.168 e. The van der Waals surface area contributed by atoms with Gasteiger partial charge < -0.3 is 10.1 Å². The number of hydrogen-bond acceptors (Lipinski definition) is 4. The fourth-order valence-electron chi connectivity index (χ4n) is 2.49. The second kappa shape index (κ2) is 7.41. The molecule has 1 unspecified atom stereocenters. The first kappa shape index (κ1) is 16.4. The van der Waals surface area contributed by atoms with Crippen molar-refractivity contribution >= 4 is 29.0 Å². The largest absolute Gasteiger partial charge is 0.371 e. The van der Waals surface area contributed by atoms with Crippen LogP contribution in [0.2, 0.25) is 10.2 Å². The van der Waals surface area contributed by atoms with Crippen LogP contribution in [0, 0.1) is 0 Å². The highest BCUT2D eigenvalue weighted by Gasteiger charge is 2.16. The molecule has 0 saturated carbocycles. The molecule has 0 radical (unpaired) electrons. The monoisotopic (exact) mass is 350 g/mol. The summed E-state index contributed by atoms with van der Waals surface area (Å²) in [4.78, 5) is 16.2. The number of rotatable bonds is 4. The van der Waals surface area contributed by atoms with Gasteiger partial charge >= 0.3 is 0 Å². The van der Waals surface area contributed by atoms with Crippen LogP contribution in [0.5, 0.6) is 0 Å². The van der Waals surface area contributed by atoms with Gasteiger partial charge in [0.25, 0.3) is 0 Å². The van der Waals surface area contributed by atoms with Crippen molar-refractivity contribution in [3.8, 4) is 0 Å². The fraction of sp³-hybridized carbons (Fsp3) is 0.294. The predicted molar refractivity (Wildman–Crippen MR) is 90.3 cm³/mol. The number of ether oxygens (including phenoxy) is 1. The summed E-state index contributed by atoms with van der Waals surface area (Å²) in [5.74, 6) is -0.0422. The Hall–Kier alpha value is -1.46. The van der Waals surface area contributed by atoms with E-state index in [4.69, 9.17) is 27.9 Å². The van der Waals surface area contributed by atoms with Gasteiger partial charge in [-0.2, -0.15) is 0 Å². The van der Waals surface area contributed by atoms with E-state index in [1.807, 2.05) is 24.3 Å². The summed E-state index contributed by atoms with van der Waals surface area (Å²) >= 11 is 11.7. The van der Waals surface area contributed by atoms with Gasteiger partial charge in [0, 0.05) is 31.3 Å². The van der Waals surface area contributed by atoms with Gasteiger partial charge in [0.15, 0.2) is 5.78 Å². The number of morpholine rings is 1. The van der Waals surface area contributed by atoms with E-state index < -0.39 is 0 Å². The van der Waals surface area contributed by atoms with Gasteiger partial charge in [-0.15, -0.1) is 0 Å². The Labute approximate surface area is 144 Å². The first-order valence-electron chi connectivity index (χ1n) is 7.39. The molecule has 3 rings (SSSR count). The number of carbonyl (C=O) groups excluding carboxylic acids is 1. The van der Waals surface area contributed by atoms with Crippen molar-refractivity contribution in [2.24, 2.45) is 0 Å². The van der Waals surface area contributed by atoms with Gasteiger partial charge in [0.2, 0.25) is 0 Å². The number of aromatic nitrogens is 1. The van der Waals surface area contributed by atoms with Crippen LogP contribution >= 0.6 is 23.2 Å². The van der Waals surface area contributed by atoms with Crippen molar-refractivity contribution in [1.29, 1.82) is 0 Å². The summed E-state index contributed by atoms with van der Waals surface area (Å²) in [7, 11) is 0. The standard InChI is InChI=1S/C17H16Cl2N2O2/c18-14-8-13(9-21-17(14)19)15(22)7-11-1-3-12(4-2-11)16-10-20-5-6-23-16/h1-4,8-9,16,20H,5-7,10H2. The van der Waals surface area contributed by atoms with Gasteiger partial charge in [0.1, 0.15) is 5.15 Å². The Kier molecular flexibility index (Phi) is 5.28. The SMILES string of the molecule is O=C(Cc1ccc(C2CNCCO2)cc1)c1cnc(Cl)c(Cl)c1. The highest BCUT2D eigenvalue weighted by atomic mass is 35.5. The van der Waals surface area contributed by atoms with Crippen LogP contribution in [0.15, 0.2) is 36.5 Å². The molecule has 1 fully saturated rings. The van der Waals surface area contributed by atoms with Crippen LogP contribution < -0.4 is 5.32 Å². The topological polar surface area (TPSA) is 51.2 Å². The van der Waals surface area contributed by atoms with Crippen LogP contribution in [-0.2, 0) is 11.2 Å². The van der Waals surface area contributed by atoms with Crippen LogP contribution in [0.4, 0.5) is 0 Å². The Bertz CT molecular complexity index is 698. The van der Waals surface area contributed by atoms with E-state index in [0.717, 1.165) is 30.8 Å². The molecule has 1 aromatic carbocycles. The van der Waals surface area contributed by atoms with Gasteiger partial charge in [0.05, 0.1) is 17.7 Å². The second-order valence-corrected chi connectivity index (χ2v) is 6.17. The Morgan fingerprint density at radius 3 is 2.74 bits per heavy atom. The predicted octanol–water partition coefficient (Wildman–Crippen LogP) is 3.47. The van der Waals surface area contributed by atoms with Crippen molar-refractivity contribution < 1.29 is 9.53 Å². The number of ketones is 1. The number of pyridine rings is 1. The quantitative estimate of drug-likeness (QED) is 0.677. The lowest BCUT2D eigenvalue weighted by Crippen LogP contribution is -2.33. The number of Topliss-reactive ketones (excluding diaryl/α,β-unsaturated/α-hetero) is 1. The molecule has 1 N–H and O–H groups in total. The number of halogens is 2. The summed E-state index contributed by atoms with van der Waals surface area (Å²) in [5, 5.41) is 3.79. The lowest BCUT2D eigenvalue weighted by molar-refractivity contribution is 0.0277. The molecule has 0 aliphatic carbocycles. The van der Waals surface area contributed by atoms with Crippen LogP contribution in [0.3, 0.4) is 0 Å². The zero-order valence-corrected chi connectivity index (χ0v) is 13.9. The minimum absolute atomic E-state index is 0.0422. The summed E-state index contributed by atoms with van der Waals surface area (Å²) in [6.45, 7) is 2.42. The fourth-order valence-corrected chi connectivity index (χ4v) is 2.76. The molecule has 0 amide bonds. The highest BCUT2D eigenvalue weighted by Crippen LogP contribution is 2.22. The molecular formula is C17H16Cl2N2O2. The Balaban J connectivity index is 1.67. The molecule has 2 aromatic rings. The van der Waals surface area contributed by atoms with Crippen molar-refractivity contribution in [3.63, 3.8) is 0 Å². The summed E-state index contributed by atoms with van der Waals surface area (Å²) < 4.78 is 5.71. The Morgan fingerprint density at radius 1 is 1.30 bits per heavy atom. The maximum atomic E-state index is 12.3. The number of carbonyl (C=O) groups is 1. The third kappa shape index (κ3) is 4.09. The molecule has 0 spiro atoms. The molecule has 120 valence electrons. The zero-order valence-electron chi connectivity index (χ0n) is 12.4. The van der Waals surface area contributed by atoms with Crippen molar-refractivity contribution in [3.05, 3.63) is 63.4 Å². The molecule has 4 nitrogen and oxygen atoms in total. The first-order chi connectivity index (χ1) is 11.1. The van der Waals surface area contributed by atoms with E-state index >= 15 is 0 Å². The van der Waals surface area contributed by atoms with Crippen LogP contribution in [-0.4, -0.2) is 30.5 Å². The number of nitrogens with zero attached hydrogens (tertiary/aromatic N) is 1. The third-order valence-electron chi connectivity index (χ3n) is 3.76. The summed E-state index contributed by atoms with van der Waals surface area (Å²) in [6.07, 6.45) is 1.82. The Morgan fingerprint density at radius 2 is 2.09 bits per heavy atom. The normalized spacial score (nSPS) is 17.9. The molecule has 23 heavy (non-hydrogen) atoms. The second-order valence-electron chi connectivity index (χ2n) is 5.40. The van der Waals surface area contributed by atoms with Crippen LogP contribution in [0.1, 0.15) is 27.6 Å². The minimum atomic E-state index is -0.0422. The van der Waals surface area contributed by atoms with Gasteiger partial charge in [-0.25, -0.2) is 4.98 Å². The van der Waals surface area contributed by atoms with E-state index in [2.05, 4.69) is 10.3 Å². The molecule has 1 aliphatic rings. The van der Waals surface area contributed by atoms with E-state index in [0.29, 0.717) is 12.0 Å². The van der Waals surface area contributed by atoms with Crippen molar-refractivity contribution in [2.75, 3.05) is 19.7 Å². The maximum Gasteiger partial charge on any atom is 0.168 e. The van der Waals surface area contributed by atoms with Gasteiger partial charge in [-0.3, -0.25) is 4.79 Å². The van der Waals surface area contributed by atoms with Crippen molar-refractivity contribution in [2.45, 2.75) is 12.5 Å². The minimum Gasteiger partial charge on any atom is -0.371 e. The number of hydrogen-bond donors (Lipinski definition) is 1. The average molecular weight is 351 g/mol. The number of benzene rings is 1. The third-order valence-corrected chi connectivity index (χ3v) is 4.45. The van der Waals surface area contributed by atoms with E-state index in [1.165, 1.54) is 6.20 Å². The van der Waals surface area contributed by atoms with Gasteiger partial charge in [-0.05, 0) is 17.2 Å². The summed E-state index contributed by atoms with van der Waals surface area (Å²) in [6, 6.07) is 9.47. The molecule has 1 aliphatic heterocycles. The highest BCUT2D eigenvalue weighted by molar-refractivity contribution is 6.41. The molecule has 6 heteroatoms. The molecule has 0 bridgehead atoms. The molecule has 1 atom stereocenters. The number of nitrogens with one attached hydrogen (secondary N) is 1. The average Bonchev–Trinajstić information content (AvgIpc) is 2.59. The van der Waals surface area contributed by atoms with E-state index in [-0.39, 0.29) is 22.1 Å². The molecular weight excluding hydrogens is 335 g/mol. The lowest BCUT2D eigenvalue weighted by Gasteiger charge is -2.24. The van der Waals surface area contributed by atoms with Crippen molar-refractivity contribution in [1.82, 2.24) is 10.3 Å². The molecule has 1 aromatic heterocycles. The molecule has 2 heterocycles. The lowest BCUT2D eigenvalue weighted by atomic mass is 10.0. The van der Waals surface area contributed by atoms with E-state index in [9.17, 15) is 4.79 Å². The van der Waals surface area contributed by atoms with Crippen LogP contribution in [0.25, 0.3) is 0 Å². The maximum absolute atomic E-state index is 12.3. The van der Waals surface area contributed by atoms with Gasteiger partial charge in [-0.1, -0.05) is 47.5 Å². The molecule has 1 saturated heterocycles. The van der Waals surface area contributed by atoms with E-state index in [1.54, 1.807) is 6.07 Å². The zero-order chi connectivity index (χ0) is 16.2.